The van der Waals surface area contributed by atoms with Crippen LogP contribution in [0.4, 0.5) is 0 Å². The fourth-order valence-electron chi connectivity index (χ4n) is 4.37. The van der Waals surface area contributed by atoms with Crippen molar-refractivity contribution in [3.63, 3.8) is 0 Å². The van der Waals surface area contributed by atoms with E-state index in [1.807, 2.05) is 0 Å². The third-order valence-corrected chi connectivity index (χ3v) is 8.35. The van der Waals surface area contributed by atoms with Crippen molar-refractivity contribution in [2.45, 2.75) is 188 Å². The Hall–Kier alpha value is -4.77. The minimum atomic E-state index is -1.64. The van der Waals surface area contributed by atoms with Crippen molar-refractivity contribution < 1.29 is 47.9 Å². The van der Waals surface area contributed by atoms with E-state index in [4.69, 9.17) is 4.74 Å². The molecule has 8 N–H and O–H groups in total. The third-order valence-electron chi connectivity index (χ3n) is 8.35. The summed E-state index contributed by atoms with van der Waals surface area (Å²) in [6.07, 6.45) is 0. The van der Waals surface area contributed by atoms with Crippen LogP contribution in [0, 0.1) is 0 Å². The molecule has 0 aromatic heterocycles. The van der Waals surface area contributed by atoms with E-state index in [2.05, 4.69) is 42.5 Å². The van der Waals surface area contributed by atoms with Crippen molar-refractivity contribution in [3.05, 3.63) is 0 Å². The molecule has 0 atom stereocenters. The molecule has 0 aliphatic rings. The molecule has 320 valence electrons. The second-order valence-electron chi connectivity index (χ2n) is 19.4. The zero-order valence-corrected chi connectivity index (χ0v) is 37.1. The second-order valence-corrected chi connectivity index (χ2v) is 19.4. The van der Waals surface area contributed by atoms with Crippen LogP contribution in [0.5, 0.6) is 0 Å². The summed E-state index contributed by atoms with van der Waals surface area (Å²) < 4.78 is 5.39. The molecule has 0 aliphatic heterocycles. The highest BCUT2D eigenvalue weighted by Crippen LogP contribution is 2.18. The van der Waals surface area contributed by atoms with Gasteiger partial charge in [-0.15, -0.1) is 0 Å². The molecule has 0 heterocycles. The number of esters is 1. The molecule has 56 heavy (non-hydrogen) atoms. The molecule has 0 spiro atoms. The van der Waals surface area contributed by atoms with E-state index < -0.39 is 103 Å². The van der Waals surface area contributed by atoms with Crippen molar-refractivity contribution in [1.29, 1.82) is 0 Å². The summed E-state index contributed by atoms with van der Waals surface area (Å²) in [4.78, 5) is 117. The lowest BCUT2D eigenvalue weighted by Gasteiger charge is -2.38. The van der Waals surface area contributed by atoms with E-state index in [9.17, 15) is 43.2 Å². The van der Waals surface area contributed by atoms with Gasteiger partial charge in [-0.1, -0.05) is 0 Å². The molecular weight excluding hydrogens is 728 g/mol. The predicted molar refractivity (Wildman–Crippen MR) is 209 cm³/mol. The highest BCUT2D eigenvalue weighted by atomic mass is 16.6. The normalized spacial score (nSPS) is 13.3. The minimum absolute atomic E-state index is 0.446. The molecule has 0 rings (SSSR count). The topological polar surface area (TPSA) is 259 Å². The number of ether oxygens (including phenoxy) is 1. The van der Waals surface area contributed by atoms with E-state index in [0.717, 1.165) is 0 Å². The molecule has 0 aromatic carbocycles. The first-order valence-electron chi connectivity index (χ1n) is 18.2. The zero-order chi connectivity index (χ0) is 45.1. The fraction of sp³-hybridized carbons (Fsp3) is 0.763. The van der Waals surface area contributed by atoms with E-state index in [1.54, 1.807) is 20.8 Å². The summed E-state index contributed by atoms with van der Waals surface area (Å²) in [5.41, 5.74) is -13.1. The highest BCUT2D eigenvalue weighted by molar-refractivity contribution is 6.02. The molecule has 0 aliphatic carbocycles. The van der Waals surface area contributed by atoms with Crippen LogP contribution in [-0.4, -0.2) is 103 Å². The van der Waals surface area contributed by atoms with Crippen LogP contribution in [-0.2, 0) is 47.9 Å². The Morgan fingerprint density at radius 3 is 0.607 bits per heavy atom. The summed E-state index contributed by atoms with van der Waals surface area (Å²) in [5.74, 6) is -6.27. The number of carbonyl (C=O) groups excluding carboxylic acids is 9. The third kappa shape index (κ3) is 14.7. The number of rotatable bonds is 16. The first kappa shape index (κ1) is 51.2. The highest BCUT2D eigenvalue weighted by Gasteiger charge is 2.45. The Balaban J connectivity index is 5.70. The molecule has 0 saturated carbocycles. The summed E-state index contributed by atoms with van der Waals surface area (Å²) in [6.45, 7) is 29.0. The lowest BCUT2D eigenvalue weighted by molar-refractivity contribution is -0.163. The van der Waals surface area contributed by atoms with Gasteiger partial charge in [0.05, 0.1) is 0 Å². The summed E-state index contributed by atoms with van der Waals surface area (Å²) >= 11 is 0. The number of nitrogens with one attached hydrogen (secondary N) is 8. The van der Waals surface area contributed by atoms with Crippen molar-refractivity contribution >= 4 is 53.2 Å². The smallest absolute Gasteiger partial charge is 0.331 e. The van der Waals surface area contributed by atoms with Gasteiger partial charge in [0.2, 0.25) is 47.3 Å². The van der Waals surface area contributed by atoms with Gasteiger partial charge in [0.1, 0.15) is 49.9 Å². The van der Waals surface area contributed by atoms with Gasteiger partial charge in [-0.05, 0) is 132 Å². The van der Waals surface area contributed by atoms with Crippen molar-refractivity contribution in [2.75, 3.05) is 0 Å². The first-order valence-corrected chi connectivity index (χ1v) is 18.2. The van der Waals surface area contributed by atoms with Gasteiger partial charge in [0.15, 0.2) is 0 Å². The standard InChI is InChI=1S/C38H68N8O10/c1-21(47)39-31(5,6)22(48)40-32(7,8)23(49)41-33(9,10)24(50)42-34(11,12)25(51)43-35(13,14)26(52)44-36(15,16)27(53)45-37(17,18)28(54)46-38(19,20)29(55)56-30(2,3)4/h1-20H3,(H,39,47)(H,40,48)(H,41,49)(H,42,50)(H,43,51)(H,44,52)(H,45,53)(H,46,54). The van der Waals surface area contributed by atoms with E-state index in [-0.39, 0.29) is 0 Å². The van der Waals surface area contributed by atoms with Crippen molar-refractivity contribution in [1.82, 2.24) is 42.5 Å². The average Bonchev–Trinajstić information content (AvgIpc) is 2.93. The Morgan fingerprint density at radius 2 is 0.446 bits per heavy atom. The maximum atomic E-state index is 13.5. The SMILES string of the molecule is CC(=O)NC(C)(C)C(=O)NC(C)(C)C(=O)NC(C)(C)C(=O)NC(C)(C)C(=O)NC(C)(C)C(=O)NC(C)(C)C(=O)NC(C)(C)C(=O)NC(C)(C)C(=O)OC(C)(C)C. The molecule has 18 heteroatoms. The van der Waals surface area contributed by atoms with E-state index in [0.29, 0.717) is 0 Å². The fourth-order valence-corrected chi connectivity index (χ4v) is 4.37. The molecule has 0 fully saturated rings. The maximum absolute atomic E-state index is 13.5. The van der Waals surface area contributed by atoms with Crippen LogP contribution in [0.25, 0.3) is 0 Å². The molecule has 0 saturated heterocycles. The largest absolute Gasteiger partial charge is 0.458 e. The van der Waals surface area contributed by atoms with Gasteiger partial charge in [-0.3, -0.25) is 38.4 Å². The quantitative estimate of drug-likeness (QED) is 0.100. The summed E-state index contributed by atoms with van der Waals surface area (Å²) in [7, 11) is 0. The Morgan fingerprint density at radius 1 is 0.286 bits per heavy atom. The number of amides is 8. The lowest BCUT2D eigenvalue weighted by atomic mass is 9.93. The van der Waals surface area contributed by atoms with Gasteiger partial charge in [0.25, 0.3) is 0 Å². The number of hydrogen-bond donors (Lipinski definition) is 8. The molecule has 18 nitrogen and oxygen atoms in total. The monoisotopic (exact) mass is 797 g/mol. The van der Waals surface area contributed by atoms with Crippen LogP contribution < -0.4 is 42.5 Å². The van der Waals surface area contributed by atoms with Gasteiger partial charge in [0, 0.05) is 6.92 Å². The Bertz CT molecular complexity index is 1600. The maximum Gasteiger partial charge on any atom is 0.331 e. The number of carbonyl (C=O) groups is 9. The molecule has 8 amide bonds. The Kier molecular flexibility index (Phi) is 15.3. The van der Waals surface area contributed by atoms with Crippen LogP contribution >= 0.6 is 0 Å². The molecule has 0 bridgehead atoms. The summed E-state index contributed by atoms with van der Waals surface area (Å²) in [6, 6.07) is 0. The van der Waals surface area contributed by atoms with Crippen LogP contribution in [0.3, 0.4) is 0 Å². The van der Waals surface area contributed by atoms with Gasteiger partial charge < -0.3 is 47.3 Å². The van der Waals surface area contributed by atoms with E-state index >= 15 is 0 Å². The lowest BCUT2D eigenvalue weighted by Crippen LogP contribution is -2.69. The number of hydrogen-bond acceptors (Lipinski definition) is 10. The molecule has 0 radical (unpaired) electrons. The molecular formula is C38H68N8O10. The molecule has 0 aromatic rings. The summed E-state index contributed by atoms with van der Waals surface area (Å²) in [5, 5.41) is 20.5. The predicted octanol–water partition coefficient (Wildman–Crippen LogP) is 0.506. The van der Waals surface area contributed by atoms with Gasteiger partial charge in [-0.25, -0.2) is 4.79 Å². The second kappa shape index (κ2) is 16.8. The van der Waals surface area contributed by atoms with Crippen molar-refractivity contribution in [3.8, 4) is 0 Å². The van der Waals surface area contributed by atoms with Gasteiger partial charge in [-0.2, -0.15) is 0 Å². The Labute approximate surface area is 331 Å². The van der Waals surface area contributed by atoms with Gasteiger partial charge >= 0.3 is 5.97 Å². The van der Waals surface area contributed by atoms with Crippen LogP contribution in [0.2, 0.25) is 0 Å². The van der Waals surface area contributed by atoms with E-state index in [1.165, 1.54) is 118 Å². The van der Waals surface area contributed by atoms with Crippen LogP contribution in [0.15, 0.2) is 0 Å². The van der Waals surface area contributed by atoms with Crippen LogP contribution in [0.1, 0.15) is 138 Å². The zero-order valence-electron chi connectivity index (χ0n) is 37.1. The first-order chi connectivity index (χ1) is 24.4. The minimum Gasteiger partial charge on any atom is -0.458 e. The molecule has 0 unspecified atom stereocenters. The average molecular weight is 797 g/mol. The van der Waals surface area contributed by atoms with Crippen molar-refractivity contribution in [2.24, 2.45) is 0 Å².